The molecule has 1 heterocycles. The van der Waals surface area contributed by atoms with Gasteiger partial charge in [0.15, 0.2) is 0 Å². The molecule has 0 bridgehead atoms. The molecule has 0 aromatic rings. The molecule has 0 aromatic heterocycles. The highest BCUT2D eigenvalue weighted by molar-refractivity contribution is 5.89. The number of ether oxygens (including phenoxy) is 2. The van der Waals surface area contributed by atoms with Crippen molar-refractivity contribution in [1.82, 2.24) is 9.80 Å². The summed E-state index contributed by atoms with van der Waals surface area (Å²) in [6.07, 6.45) is -0.483. The van der Waals surface area contributed by atoms with Gasteiger partial charge in [-0.1, -0.05) is 0 Å². The Kier molecular flexibility index (Phi) is 6.90. The number of aliphatic hydroxyl groups excluding tert-OH is 1. The van der Waals surface area contributed by atoms with Crippen LogP contribution in [0.5, 0.6) is 0 Å². The Labute approximate surface area is 119 Å². The molecule has 0 spiro atoms. The third-order valence-corrected chi connectivity index (χ3v) is 3.35. The normalized spacial score (nSPS) is 20.3. The molecular formula is C13H24N2O5. The molecule has 7 nitrogen and oxygen atoms in total. The molecule has 2 atom stereocenters. The summed E-state index contributed by atoms with van der Waals surface area (Å²) in [5.41, 5.74) is 0. The molecule has 1 fully saturated rings. The van der Waals surface area contributed by atoms with Crippen LogP contribution in [0.4, 0.5) is 0 Å². The Morgan fingerprint density at radius 1 is 1.50 bits per heavy atom. The van der Waals surface area contributed by atoms with Crippen molar-refractivity contribution in [3.8, 4) is 0 Å². The van der Waals surface area contributed by atoms with E-state index in [1.807, 2.05) is 0 Å². The highest BCUT2D eigenvalue weighted by Crippen LogP contribution is 2.19. The maximum Gasteiger partial charge on any atom is 0.227 e. The SMILES string of the molecule is COCCN1CC(C(=O)N(C)CC(O)COC)CC1=O. The summed E-state index contributed by atoms with van der Waals surface area (Å²) in [6, 6.07) is 0. The quantitative estimate of drug-likeness (QED) is 0.616. The fourth-order valence-corrected chi connectivity index (χ4v) is 2.32. The minimum atomic E-state index is -0.712. The van der Waals surface area contributed by atoms with Crippen molar-refractivity contribution in [2.75, 3.05) is 54.1 Å². The summed E-state index contributed by atoms with van der Waals surface area (Å²) in [6.45, 7) is 1.78. The van der Waals surface area contributed by atoms with Crippen molar-refractivity contribution in [2.24, 2.45) is 5.92 Å². The lowest BCUT2D eigenvalue weighted by atomic mass is 10.1. The average Bonchev–Trinajstić information content (AvgIpc) is 2.77. The van der Waals surface area contributed by atoms with Crippen LogP contribution < -0.4 is 0 Å². The van der Waals surface area contributed by atoms with E-state index in [9.17, 15) is 14.7 Å². The molecule has 0 aromatic carbocycles. The predicted molar refractivity (Wildman–Crippen MR) is 72.1 cm³/mol. The molecule has 1 rings (SSSR count). The number of carbonyl (C=O) groups is 2. The van der Waals surface area contributed by atoms with Crippen LogP contribution >= 0.6 is 0 Å². The van der Waals surface area contributed by atoms with Gasteiger partial charge in [0.05, 0.1) is 25.2 Å². The summed E-state index contributed by atoms with van der Waals surface area (Å²) in [5, 5.41) is 9.62. The zero-order chi connectivity index (χ0) is 15.1. The second-order valence-electron chi connectivity index (χ2n) is 5.06. The molecule has 0 aliphatic carbocycles. The Hall–Kier alpha value is -1.18. The lowest BCUT2D eigenvalue weighted by molar-refractivity contribution is -0.136. The molecular weight excluding hydrogens is 264 g/mol. The zero-order valence-electron chi connectivity index (χ0n) is 12.4. The van der Waals surface area contributed by atoms with E-state index in [0.29, 0.717) is 19.7 Å². The molecule has 1 saturated heterocycles. The molecule has 0 radical (unpaired) electrons. The van der Waals surface area contributed by atoms with E-state index >= 15 is 0 Å². The summed E-state index contributed by atoms with van der Waals surface area (Å²) in [7, 11) is 4.70. The minimum Gasteiger partial charge on any atom is -0.389 e. The standard InChI is InChI=1S/C13H24N2O5/c1-14(8-11(16)9-20-3)13(18)10-6-12(17)15(7-10)4-5-19-2/h10-11,16H,4-9H2,1-3H3. The van der Waals surface area contributed by atoms with Gasteiger partial charge >= 0.3 is 0 Å². The number of amides is 2. The lowest BCUT2D eigenvalue weighted by Gasteiger charge is -2.23. The molecule has 0 saturated carbocycles. The number of hydrogen-bond acceptors (Lipinski definition) is 5. The van der Waals surface area contributed by atoms with Crippen molar-refractivity contribution < 1.29 is 24.2 Å². The van der Waals surface area contributed by atoms with Gasteiger partial charge in [-0.15, -0.1) is 0 Å². The van der Waals surface area contributed by atoms with Crippen molar-refractivity contribution in [2.45, 2.75) is 12.5 Å². The molecule has 1 aliphatic rings. The van der Waals surface area contributed by atoms with Crippen molar-refractivity contribution in [3.05, 3.63) is 0 Å². The van der Waals surface area contributed by atoms with E-state index in [1.165, 1.54) is 12.0 Å². The smallest absolute Gasteiger partial charge is 0.227 e. The summed E-state index contributed by atoms with van der Waals surface area (Å²) < 4.78 is 9.76. The maximum atomic E-state index is 12.2. The molecule has 2 amide bonds. The van der Waals surface area contributed by atoms with Crippen LogP contribution in [0.3, 0.4) is 0 Å². The summed E-state index contributed by atoms with van der Waals surface area (Å²) >= 11 is 0. The van der Waals surface area contributed by atoms with E-state index < -0.39 is 6.10 Å². The molecule has 116 valence electrons. The molecule has 1 aliphatic heterocycles. The highest BCUT2D eigenvalue weighted by atomic mass is 16.5. The molecule has 1 N–H and O–H groups in total. The van der Waals surface area contributed by atoms with Crippen LogP contribution in [0.15, 0.2) is 0 Å². The van der Waals surface area contributed by atoms with Gasteiger partial charge in [-0.05, 0) is 0 Å². The van der Waals surface area contributed by atoms with Crippen molar-refractivity contribution in [1.29, 1.82) is 0 Å². The van der Waals surface area contributed by atoms with Crippen LogP contribution in [0.1, 0.15) is 6.42 Å². The second kappa shape index (κ2) is 8.18. The van der Waals surface area contributed by atoms with E-state index in [1.54, 1.807) is 19.1 Å². The Balaban J connectivity index is 2.45. The number of methoxy groups -OCH3 is 2. The first-order chi connectivity index (χ1) is 9.49. The van der Waals surface area contributed by atoms with Crippen molar-refractivity contribution >= 4 is 11.8 Å². The van der Waals surface area contributed by atoms with Gasteiger partial charge in [0.2, 0.25) is 11.8 Å². The number of aliphatic hydroxyl groups is 1. The summed E-state index contributed by atoms with van der Waals surface area (Å²) in [4.78, 5) is 27.1. The van der Waals surface area contributed by atoms with E-state index in [-0.39, 0.29) is 37.3 Å². The number of carbonyl (C=O) groups excluding carboxylic acids is 2. The van der Waals surface area contributed by atoms with E-state index in [2.05, 4.69) is 0 Å². The topological polar surface area (TPSA) is 79.3 Å². The van der Waals surface area contributed by atoms with Crippen molar-refractivity contribution in [3.63, 3.8) is 0 Å². The Morgan fingerprint density at radius 2 is 2.20 bits per heavy atom. The largest absolute Gasteiger partial charge is 0.389 e. The van der Waals surface area contributed by atoms with Gasteiger partial charge in [-0.2, -0.15) is 0 Å². The summed E-state index contributed by atoms with van der Waals surface area (Å²) in [5.74, 6) is -0.473. The third kappa shape index (κ3) is 4.73. The number of rotatable bonds is 8. The van der Waals surface area contributed by atoms with E-state index in [4.69, 9.17) is 9.47 Å². The first-order valence-electron chi connectivity index (χ1n) is 6.68. The zero-order valence-corrected chi connectivity index (χ0v) is 12.4. The van der Waals surface area contributed by atoms with Crippen LogP contribution in [-0.4, -0.2) is 86.9 Å². The molecule has 7 heteroatoms. The predicted octanol–water partition coefficient (Wildman–Crippen LogP) is -1.05. The van der Waals surface area contributed by atoms with E-state index in [0.717, 1.165) is 0 Å². The lowest BCUT2D eigenvalue weighted by Crippen LogP contribution is -2.40. The number of likely N-dealkylation sites (N-methyl/N-ethyl adjacent to an activating group) is 1. The first-order valence-corrected chi connectivity index (χ1v) is 6.68. The Bertz CT molecular complexity index is 337. The molecule has 2 unspecified atom stereocenters. The van der Waals surface area contributed by atoms with Gasteiger partial charge in [0.25, 0.3) is 0 Å². The van der Waals surface area contributed by atoms with Gasteiger partial charge in [0, 0.05) is 47.3 Å². The van der Waals surface area contributed by atoms with Crippen LogP contribution in [0.2, 0.25) is 0 Å². The number of nitrogens with zero attached hydrogens (tertiary/aromatic N) is 2. The third-order valence-electron chi connectivity index (χ3n) is 3.35. The van der Waals surface area contributed by atoms with Crippen LogP contribution in [-0.2, 0) is 19.1 Å². The number of hydrogen-bond donors (Lipinski definition) is 1. The highest BCUT2D eigenvalue weighted by Gasteiger charge is 2.35. The first kappa shape index (κ1) is 16.9. The van der Waals surface area contributed by atoms with Gasteiger partial charge in [0.1, 0.15) is 0 Å². The molecule has 20 heavy (non-hydrogen) atoms. The fraction of sp³-hybridized carbons (Fsp3) is 0.846. The van der Waals surface area contributed by atoms with Gasteiger partial charge < -0.3 is 24.4 Å². The van der Waals surface area contributed by atoms with Gasteiger partial charge in [-0.3, -0.25) is 9.59 Å². The van der Waals surface area contributed by atoms with Gasteiger partial charge in [-0.25, -0.2) is 0 Å². The van der Waals surface area contributed by atoms with Crippen LogP contribution in [0, 0.1) is 5.92 Å². The fourth-order valence-electron chi connectivity index (χ4n) is 2.32. The maximum absolute atomic E-state index is 12.2. The Morgan fingerprint density at radius 3 is 2.80 bits per heavy atom. The average molecular weight is 288 g/mol. The second-order valence-corrected chi connectivity index (χ2v) is 5.06. The minimum absolute atomic E-state index is 0.0220. The monoisotopic (exact) mass is 288 g/mol. The number of likely N-dealkylation sites (tertiary alicyclic amines) is 1. The van der Waals surface area contributed by atoms with Crippen LogP contribution in [0.25, 0.3) is 0 Å².